The average molecular weight is 255 g/mol. The third-order valence-corrected chi connectivity index (χ3v) is 3.10. The number of amides is 2. The van der Waals surface area contributed by atoms with Crippen LogP contribution in [0, 0.1) is 11.6 Å². The minimum Gasteiger partial charge on any atom is -0.382 e. The number of likely N-dealkylation sites (tertiary alicyclic amines) is 1. The number of nitrogens with zero attached hydrogens (tertiary/aromatic N) is 1. The third kappa shape index (κ3) is 2.88. The molecule has 1 aliphatic rings. The lowest BCUT2D eigenvalue weighted by molar-refractivity contribution is 0.193. The predicted octanol–water partition coefficient (Wildman–Crippen LogP) is 1.92. The number of urea groups is 1. The summed E-state index contributed by atoms with van der Waals surface area (Å²) in [6.45, 7) is 1.16. The molecule has 1 aromatic rings. The largest absolute Gasteiger partial charge is 0.382 e. The van der Waals surface area contributed by atoms with Crippen LogP contribution in [0.2, 0.25) is 0 Å². The van der Waals surface area contributed by atoms with Gasteiger partial charge in [0.2, 0.25) is 0 Å². The van der Waals surface area contributed by atoms with Crippen LogP contribution in [-0.2, 0) is 0 Å². The number of primary amides is 1. The highest BCUT2D eigenvalue weighted by atomic mass is 19.2. The van der Waals surface area contributed by atoms with Gasteiger partial charge in [-0.2, -0.15) is 0 Å². The molecule has 0 radical (unpaired) electrons. The number of benzene rings is 1. The summed E-state index contributed by atoms with van der Waals surface area (Å²) >= 11 is 0. The lowest BCUT2D eigenvalue weighted by atomic mass is 10.0. The average Bonchev–Trinajstić information content (AvgIpc) is 2.34. The Labute approximate surface area is 104 Å². The van der Waals surface area contributed by atoms with E-state index >= 15 is 0 Å². The van der Waals surface area contributed by atoms with Gasteiger partial charge in [-0.1, -0.05) is 0 Å². The van der Waals surface area contributed by atoms with E-state index in [1.807, 2.05) is 0 Å². The summed E-state index contributed by atoms with van der Waals surface area (Å²) in [6, 6.07) is 3.46. The second-order valence-corrected chi connectivity index (χ2v) is 4.37. The molecule has 3 N–H and O–H groups in total. The topological polar surface area (TPSA) is 58.4 Å². The van der Waals surface area contributed by atoms with Crippen LogP contribution in [0.15, 0.2) is 18.2 Å². The number of halogens is 2. The molecule has 4 nitrogen and oxygen atoms in total. The van der Waals surface area contributed by atoms with Gasteiger partial charge in [0.25, 0.3) is 0 Å². The smallest absolute Gasteiger partial charge is 0.314 e. The molecule has 98 valence electrons. The molecule has 2 rings (SSSR count). The Bertz CT molecular complexity index is 445. The van der Waals surface area contributed by atoms with Crippen molar-refractivity contribution >= 4 is 11.7 Å². The molecule has 1 heterocycles. The molecular weight excluding hydrogens is 240 g/mol. The molecule has 2 amide bonds. The normalized spacial score (nSPS) is 16.7. The molecule has 1 saturated heterocycles. The Kier molecular flexibility index (Phi) is 3.64. The lowest BCUT2D eigenvalue weighted by Crippen LogP contribution is -2.44. The van der Waals surface area contributed by atoms with Gasteiger partial charge in [-0.15, -0.1) is 0 Å². The highest BCUT2D eigenvalue weighted by Gasteiger charge is 2.21. The predicted molar refractivity (Wildman–Crippen MR) is 64.2 cm³/mol. The van der Waals surface area contributed by atoms with E-state index in [4.69, 9.17) is 5.73 Å². The maximum atomic E-state index is 13.0. The maximum absolute atomic E-state index is 13.0. The fourth-order valence-electron chi connectivity index (χ4n) is 2.07. The number of nitrogens with one attached hydrogen (secondary N) is 1. The Balaban J connectivity index is 1.91. The lowest BCUT2D eigenvalue weighted by Gasteiger charge is -2.31. The van der Waals surface area contributed by atoms with E-state index in [1.165, 1.54) is 6.07 Å². The second-order valence-electron chi connectivity index (χ2n) is 4.37. The zero-order chi connectivity index (χ0) is 13.1. The third-order valence-electron chi connectivity index (χ3n) is 3.10. The van der Waals surface area contributed by atoms with Crippen LogP contribution in [0.4, 0.5) is 19.3 Å². The van der Waals surface area contributed by atoms with Crippen molar-refractivity contribution < 1.29 is 13.6 Å². The highest BCUT2D eigenvalue weighted by Crippen LogP contribution is 2.18. The molecule has 0 bridgehead atoms. The van der Waals surface area contributed by atoms with Crippen molar-refractivity contribution in [2.45, 2.75) is 18.9 Å². The molecule has 6 heteroatoms. The van der Waals surface area contributed by atoms with Crippen molar-refractivity contribution in [1.29, 1.82) is 0 Å². The first-order chi connectivity index (χ1) is 8.56. The zero-order valence-electron chi connectivity index (χ0n) is 9.83. The fourth-order valence-corrected chi connectivity index (χ4v) is 2.07. The summed E-state index contributed by atoms with van der Waals surface area (Å²) in [5, 5.41) is 3.12. The van der Waals surface area contributed by atoms with Crippen LogP contribution in [0.3, 0.4) is 0 Å². The van der Waals surface area contributed by atoms with Gasteiger partial charge in [-0.05, 0) is 25.0 Å². The van der Waals surface area contributed by atoms with Crippen molar-refractivity contribution in [3.05, 3.63) is 29.8 Å². The number of carbonyl (C=O) groups is 1. The standard InChI is InChI=1S/C12H15F2N3O/c13-10-2-1-9(7-11(10)14)16-8-3-5-17(6-4-8)12(15)18/h1-2,7-8,16H,3-6H2,(H2,15,18). The van der Waals surface area contributed by atoms with Crippen molar-refractivity contribution in [2.75, 3.05) is 18.4 Å². The van der Waals surface area contributed by atoms with E-state index < -0.39 is 17.7 Å². The number of anilines is 1. The summed E-state index contributed by atoms with van der Waals surface area (Å²) in [5.74, 6) is -1.72. The van der Waals surface area contributed by atoms with Crippen LogP contribution in [0.1, 0.15) is 12.8 Å². The summed E-state index contributed by atoms with van der Waals surface area (Å²) in [6.07, 6.45) is 1.48. The van der Waals surface area contributed by atoms with Crippen molar-refractivity contribution in [2.24, 2.45) is 5.73 Å². The Morgan fingerprint density at radius 1 is 1.28 bits per heavy atom. The molecule has 18 heavy (non-hydrogen) atoms. The van der Waals surface area contributed by atoms with Gasteiger partial charge in [0, 0.05) is 30.9 Å². The number of hydrogen-bond donors (Lipinski definition) is 2. The first-order valence-electron chi connectivity index (χ1n) is 5.82. The van der Waals surface area contributed by atoms with E-state index in [0.717, 1.165) is 25.0 Å². The van der Waals surface area contributed by atoms with Gasteiger partial charge in [0.15, 0.2) is 11.6 Å². The minimum atomic E-state index is -0.866. The first-order valence-corrected chi connectivity index (χ1v) is 5.82. The van der Waals surface area contributed by atoms with Crippen molar-refractivity contribution in [1.82, 2.24) is 4.90 Å². The molecule has 0 unspecified atom stereocenters. The molecule has 1 aliphatic heterocycles. The fraction of sp³-hybridized carbons (Fsp3) is 0.417. The van der Waals surface area contributed by atoms with Crippen LogP contribution in [0.5, 0.6) is 0 Å². The number of piperidine rings is 1. The number of nitrogens with two attached hydrogens (primary N) is 1. The Morgan fingerprint density at radius 3 is 2.50 bits per heavy atom. The van der Waals surface area contributed by atoms with Crippen LogP contribution in [-0.4, -0.2) is 30.1 Å². The SMILES string of the molecule is NC(=O)N1CCC(Nc2ccc(F)c(F)c2)CC1. The molecule has 0 aromatic heterocycles. The highest BCUT2D eigenvalue weighted by molar-refractivity contribution is 5.72. The quantitative estimate of drug-likeness (QED) is 0.848. The maximum Gasteiger partial charge on any atom is 0.314 e. The number of carbonyl (C=O) groups excluding carboxylic acids is 1. The van der Waals surface area contributed by atoms with Gasteiger partial charge in [0.05, 0.1) is 0 Å². The number of hydrogen-bond acceptors (Lipinski definition) is 2. The van der Waals surface area contributed by atoms with Gasteiger partial charge in [-0.3, -0.25) is 0 Å². The summed E-state index contributed by atoms with van der Waals surface area (Å²) in [5.41, 5.74) is 5.72. The summed E-state index contributed by atoms with van der Waals surface area (Å²) in [7, 11) is 0. The minimum absolute atomic E-state index is 0.144. The van der Waals surface area contributed by atoms with Crippen molar-refractivity contribution in [3.8, 4) is 0 Å². The number of rotatable bonds is 2. The van der Waals surface area contributed by atoms with Gasteiger partial charge >= 0.3 is 6.03 Å². The molecule has 0 aliphatic carbocycles. The van der Waals surface area contributed by atoms with E-state index in [-0.39, 0.29) is 6.04 Å². The Hall–Kier alpha value is -1.85. The van der Waals surface area contributed by atoms with E-state index in [9.17, 15) is 13.6 Å². The molecular formula is C12H15F2N3O. The van der Waals surface area contributed by atoms with Crippen LogP contribution >= 0.6 is 0 Å². The van der Waals surface area contributed by atoms with Gasteiger partial charge < -0.3 is 16.0 Å². The molecule has 0 spiro atoms. The monoisotopic (exact) mass is 255 g/mol. The first kappa shape index (κ1) is 12.6. The van der Waals surface area contributed by atoms with E-state index in [0.29, 0.717) is 18.8 Å². The molecule has 0 saturated carbocycles. The van der Waals surface area contributed by atoms with Crippen LogP contribution < -0.4 is 11.1 Å². The van der Waals surface area contributed by atoms with E-state index in [1.54, 1.807) is 4.90 Å². The van der Waals surface area contributed by atoms with Gasteiger partial charge in [0.1, 0.15) is 0 Å². The molecule has 1 fully saturated rings. The zero-order valence-corrected chi connectivity index (χ0v) is 9.83. The van der Waals surface area contributed by atoms with Crippen LogP contribution in [0.25, 0.3) is 0 Å². The summed E-state index contributed by atoms with van der Waals surface area (Å²) in [4.78, 5) is 12.5. The summed E-state index contributed by atoms with van der Waals surface area (Å²) < 4.78 is 25.8. The van der Waals surface area contributed by atoms with Crippen molar-refractivity contribution in [3.63, 3.8) is 0 Å². The van der Waals surface area contributed by atoms with Gasteiger partial charge in [-0.25, -0.2) is 13.6 Å². The molecule has 1 aromatic carbocycles. The Morgan fingerprint density at radius 2 is 1.94 bits per heavy atom. The second kappa shape index (κ2) is 5.20. The van der Waals surface area contributed by atoms with E-state index in [2.05, 4.69) is 5.32 Å². The molecule has 0 atom stereocenters.